The van der Waals surface area contributed by atoms with Gasteiger partial charge in [-0.25, -0.2) is 4.21 Å². The molecular formula is C9H11NO4S. The summed E-state index contributed by atoms with van der Waals surface area (Å²) < 4.78 is 24.5. The third-order valence-corrected chi connectivity index (χ3v) is 2.61. The van der Waals surface area contributed by atoms with Crippen molar-refractivity contribution in [3.05, 3.63) is 35.9 Å². The van der Waals surface area contributed by atoms with E-state index >= 15 is 0 Å². The summed E-state index contributed by atoms with van der Waals surface area (Å²) >= 11 is -2.32. The Labute approximate surface area is 89.5 Å². The Hall–Kier alpha value is -1.24. The zero-order chi connectivity index (χ0) is 11.3. The number of carbonyl (C=O) groups is 1. The number of hydrogen-bond acceptors (Lipinski definition) is 4. The van der Waals surface area contributed by atoms with Gasteiger partial charge in [-0.2, -0.15) is 0 Å². The fourth-order valence-electron chi connectivity index (χ4n) is 1.12. The van der Waals surface area contributed by atoms with Crippen LogP contribution in [-0.4, -0.2) is 21.5 Å². The van der Waals surface area contributed by atoms with Gasteiger partial charge in [-0.1, -0.05) is 30.3 Å². The summed E-state index contributed by atoms with van der Waals surface area (Å²) in [5, 5.41) is -1.20. The smallest absolute Gasteiger partial charge is 0.330 e. The fourth-order valence-corrected chi connectivity index (χ4v) is 1.74. The van der Waals surface area contributed by atoms with E-state index in [0.29, 0.717) is 5.56 Å². The molecule has 0 saturated heterocycles. The third-order valence-electron chi connectivity index (χ3n) is 1.74. The summed E-state index contributed by atoms with van der Waals surface area (Å²) in [5.41, 5.74) is 5.45. The number of ether oxygens (including phenoxy) is 1. The topological polar surface area (TPSA) is 89.6 Å². The maximum absolute atomic E-state index is 11.3. The molecule has 0 aliphatic carbocycles. The first-order valence-corrected chi connectivity index (χ1v) is 5.35. The van der Waals surface area contributed by atoms with E-state index in [2.05, 4.69) is 4.74 Å². The molecule has 0 spiro atoms. The van der Waals surface area contributed by atoms with Crippen molar-refractivity contribution in [1.29, 1.82) is 0 Å². The van der Waals surface area contributed by atoms with Crippen molar-refractivity contribution in [2.45, 2.75) is 5.25 Å². The van der Waals surface area contributed by atoms with Crippen LogP contribution < -0.4 is 5.73 Å². The first-order chi connectivity index (χ1) is 7.16. The zero-order valence-corrected chi connectivity index (χ0v) is 8.65. The lowest BCUT2D eigenvalue weighted by Gasteiger charge is -2.11. The van der Waals surface area contributed by atoms with Crippen LogP contribution in [0.4, 0.5) is 0 Å². The predicted octanol–water partition coefficient (Wildman–Crippen LogP) is 0.409. The monoisotopic (exact) mass is 229 g/mol. The summed E-state index contributed by atoms with van der Waals surface area (Å²) in [6.45, 7) is -0.306. The van der Waals surface area contributed by atoms with Crippen molar-refractivity contribution >= 4 is 17.0 Å². The highest BCUT2D eigenvalue weighted by atomic mass is 32.2. The molecule has 1 aromatic rings. The van der Waals surface area contributed by atoms with Gasteiger partial charge < -0.3 is 9.29 Å². The van der Waals surface area contributed by atoms with E-state index in [0.717, 1.165) is 0 Å². The van der Waals surface area contributed by atoms with Crippen LogP contribution in [0.2, 0.25) is 0 Å². The average molecular weight is 229 g/mol. The van der Waals surface area contributed by atoms with Gasteiger partial charge in [-0.05, 0) is 5.56 Å². The molecule has 2 atom stereocenters. The third kappa shape index (κ3) is 3.12. The molecular weight excluding hydrogens is 218 g/mol. The molecule has 0 saturated carbocycles. The lowest BCUT2D eigenvalue weighted by Crippen LogP contribution is -2.22. The lowest BCUT2D eigenvalue weighted by atomic mass is 10.1. The summed E-state index contributed by atoms with van der Waals surface area (Å²) in [7, 11) is 0. The number of carbonyl (C=O) groups excluding carboxylic acids is 1. The molecule has 0 amide bonds. The van der Waals surface area contributed by atoms with Gasteiger partial charge in [0.05, 0.1) is 0 Å². The molecule has 1 aromatic carbocycles. The Morgan fingerprint density at radius 2 is 2.07 bits per heavy atom. The second kappa shape index (κ2) is 5.59. The van der Waals surface area contributed by atoms with E-state index in [1.54, 1.807) is 30.3 Å². The molecule has 6 heteroatoms. The van der Waals surface area contributed by atoms with Gasteiger partial charge in [0, 0.05) is 0 Å². The van der Waals surface area contributed by atoms with Gasteiger partial charge in [0.1, 0.15) is 6.73 Å². The molecule has 0 aliphatic heterocycles. The molecule has 3 N–H and O–H groups in total. The van der Waals surface area contributed by atoms with Crippen molar-refractivity contribution in [1.82, 2.24) is 0 Å². The van der Waals surface area contributed by atoms with E-state index in [4.69, 9.17) is 10.3 Å². The van der Waals surface area contributed by atoms with Crippen LogP contribution in [0.5, 0.6) is 0 Å². The Kier molecular flexibility index (Phi) is 4.41. The van der Waals surface area contributed by atoms with Crippen LogP contribution in [-0.2, 0) is 20.6 Å². The normalized spacial score (nSPS) is 14.3. The molecule has 0 bridgehead atoms. The lowest BCUT2D eigenvalue weighted by molar-refractivity contribution is -0.143. The Balaban J connectivity index is 2.94. The largest absolute Gasteiger partial charge is 0.449 e. The first-order valence-electron chi connectivity index (χ1n) is 4.18. The highest BCUT2D eigenvalue weighted by Gasteiger charge is 2.27. The minimum absolute atomic E-state index is 0.306. The van der Waals surface area contributed by atoms with Crippen LogP contribution in [0.1, 0.15) is 10.8 Å². The molecule has 82 valence electrons. The predicted molar refractivity (Wildman–Crippen MR) is 55.1 cm³/mol. The van der Waals surface area contributed by atoms with Crippen molar-refractivity contribution in [3.63, 3.8) is 0 Å². The molecule has 1 rings (SSSR count). The fraction of sp³-hybridized carbons (Fsp3) is 0.222. The van der Waals surface area contributed by atoms with Crippen LogP contribution in [0, 0.1) is 0 Å². The van der Waals surface area contributed by atoms with Gasteiger partial charge in [0.25, 0.3) is 0 Å². The van der Waals surface area contributed by atoms with Gasteiger partial charge >= 0.3 is 5.97 Å². The summed E-state index contributed by atoms with van der Waals surface area (Å²) in [6.07, 6.45) is 0. The van der Waals surface area contributed by atoms with Crippen LogP contribution in [0.25, 0.3) is 0 Å². The second-order valence-corrected chi connectivity index (χ2v) is 3.72. The minimum atomic E-state index is -2.32. The molecule has 0 heterocycles. The maximum Gasteiger partial charge on any atom is 0.330 e. The van der Waals surface area contributed by atoms with E-state index in [1.807, 2.05) is 0 Å². The van der Waals surface area contributed by atoms with E-state index in [-0.39, 0.29) is 6.73 Å². The van der Waals surface area contributed by atoms with Crippen molar-refractivity contribution in [3.8, 4) is 0 Å². The Morgan fingerprint density at radius 1 is 1.47 bits per heavy atom. The standard InChI is InChI=1S/C9H11NO4S/c10-6-14-9(11)8(15(12)13)7-4-2-1-3-5-7/h1-5,8H,6,10H2,(H,12,13). The zero-order valence-electron chi connectivity index (χ0n) is 7.83. The van der Waals surface area contributed by atoms with Gasteiger partial charge in [0.2, 0.25) is 0 Å². The molecule has 15 heavy (non-hydrogen) atoms. The van der Waals surface area contributed by atoms with Crippen LogP contribution in [0.3, 0.4) is 0 Å². The molecule has 0 aromatic heterocycles. The minimum Gasteiger partial charge on any atom is -0.449 e. The number of rotatable bonds is 4. The molecule has 0 radical (unpaired) electrons. The molecule has 2 unspecified atom stereocenters. The van der Waals surface area contributed by atoms with Gasteiger partial charge in [0.15, 0.2) is 16.3 Å². The average Bonchev–Trinajstić information content (AvgIpc) is 2.19. The van der Waals surface area contributed by atoms with Crippen molar-refractivity contribution in [2.75, 3.05) is 6.73 Å². The summed E-state index contributed by atoms with van der Waals surface area (Å²) in [4.78, 5) is 11.3. The van der Waals surface area contributed by atoms with Crippen molar-refractivity contribution in [2.24, 2.45) is 5.73 Å². The molecule has 0 aliphatic rings. The van der Waals surface area contributed by atoms with E-state index in [9.17, 15) is 9.00 Å². The summed E-state index contributed by atoms with van der Waals surface area (Å²) in [5.74, 6) is -0.801. The highest BCUT2D eigenvalue weighted by molar-refractivity contribution is 7.80. The molecule has 0 fully saturated rings. The van der Waals surface area contributed by atoms with Crippen molar-refractivity contribution < 1.29 is 18.3 Å². The highest BCUT2D eigenvalue weighted by Crippen LogP contribution is 2.19. The van der Waals surface area contributed by atoms with E-state index < -0.39 is 22.3 Å². The number of esters is 1. The van der Waals surface area contributed by atoms with Crippen LogP contribution in [0.15, 0.2) is 30.3 Å². The second-order valence-electron chi connectivity index (χ2n) is 2.70. The Morgan fingerprint density at radius 3 is 2.53 bits per heavy atom. The quantitative estimate of drug-likeness (QED) is 0.443. The first kappa shape index (κ1) is 11.8. The number of hydrogen-bond donors (Lipinski definition) is 2. The SMILES string of the molecule is NCOC(=O)C(c1ccccc1)S(=O)O. The van der Waals surface area contributed by atoms with Crippen LogP contribution >= 0.6 is 0 Å². The number of benzene rings is 1. The molecule has 5 nitrogen and oxygen atoms in total. The van der Waals surface area contributed by atoms with Gasteiger partial charge in [-0.3, -0.25) is 10.5 Å². The Bertz CT molecular complexity index is 354. The maximum atomic E-state index is 11.3. The van der Waals surface area contributed by atoms with Gasteiger partial charge in [-0.15, -0.1) is 0 Å². The summed E-state index contributed by atoms with van der Waals surface area (Å²) in [6, 6.07) is 8.25. The van der Waals surface area contributed by atoms with E-state index in [1.165, 1.54) is 0 Å². The number of nitrogens with two attached hydrogens (primary N) is 1.